The summed E-state index contributed by atoms with van der Waals surface area (Å²) in [4.78, 5) is 29.3. The van der Waals surface area contributed by atoms with E-state index in [0.717, 1.165) is 17.5 Å². The van der Waals surface area contributed by atoms with E-state index in [1.807, 2.05) is 30.3 Å². The van der Waals surface area contributed by atoms with Crippen LogP contribution in [0.3, 0.4) is 0 Å². The molecular weight excluding hydrogens is 395 g/mol. The molecule has 0 saturated carbocycles. The van der Waals surface area contributed by atoms with Gasteiger partial charge in [-0.15, -0.1) is 0 Å². The number of H-pyrrole nitrogens is 2. The van der Waals surface area contributed by atoms with Gasteiger partial charge in [-0.2, -0.15) is 0 Å². The Morgan fingerprint density at radius 1 is 0.968 bits per heavy atom. The molecule has 3 aromatic carbocycles. The predicted octanol–water partition coefficient (Wildman–Crippen LogP) is 3.88. The Bertz CT molecular complexity index is 1260. The molecule has 0 bridgehead atoms. The smallest absolute Gasteiger partial charge is 0.323 e. The summed E-state index contributed by atoms with van der Waals surface area (Å²) in [5.74, 6) is -0.573. The molecule has 1 amide bonds. The maximum atomic E-state index is 13.8. The summed E-state index contributed by atoms with van der Waals surface area (Å²) in [5.41, 5.74) is 4.45. The van der Waals surface area contributed by atoms with Crippen molar-refractivity contribution >= 4 is 22.6 Å². The molecule has 0 fully saturated rings. The van der Waals surface area contributed by atoms with Gasteiger partial charge in [0.2, 0.25) is 5.91 Å². The molecule has 0 spiro atoms. The molecule has 0 aliphatic heterocycles. The summed E-state index contributed by atoms with van der Waals surface area (Å²) in [6.45, 7) is 2.11. The summed E-state index contributed by atoms with van der Waals surface area (Å²) in [5, 5.41) is 6.06. The number of halogens is 1. The minimum atomic E-state index is -0.337. The summed E-state index contributed by atoms with van der Waals surface area (Å²) in [6.07, 6.45) is 0.928. The predicted molar refractivity (Wildman–Crippen MR) is 120 cm³/mol. The van der Waals surface area contributed by atoms with Crippen LogP contribution in [0.5, 0.6) is 0 Å². The number of amides is 1. The third-order valence-corrected chi connectivity index (χ3v) is 5.17. The molecule has 7 heteroatoms. The van der Waals surface area contributed by atoms with Crippen LogP contribution in [0.4, 0.5) is 10.1 Å². The highest BCUT2D eigenvalue weighted by Gasteiger charge is 2.16. The van der Waals surface area contributed by atoms with Gasteiger partial charge in [0.05, 0.1) is 23.6 Å². The van der Waals surface area contributed by atoms with Crippen LogP contribution < -0.4 is 16.3 Å². The molecule has 1 atom stereocenters. The highest BCUT2D eigenvalue weighted by molar-refractivity contribution is 5.94. The number of hydrogen-bond acceptors (Lipinski definition) is 3. The lowest BCUT2D eigenvalue weighted by Crippen LogP contribution is -2.32. The molecule has 0 radical (unpaired) electrons. The molecule has 1 unspecified atom stereocenters. The van der Waals surface area contributed by atoms with E-state index in [1.54, 1.807) is 24.3 Å². The quantitative estimate of drug-likeness (QED) is 0.367. The van der Waals surface area contributed by atoms with Crippen molar-refractivity contribution < 1.29 is 9.18 Å². The Morgan fingerprint density at radius 3 is 2.48 bits per heavy atom. The number of carbonyl (C=O) groups is 1. The van der Waals surface area contributed by atoms with Gasteiger partial charge in [-0.1, -0.05) is 43.3 Å². The molecular formula is C24H23FN4O2. The maximum Gasteiger partial charge on any atom is 0.323 e. The van der Waals surface area contributed by atoms with Crippen molar-refractivity contribution in [1.29, 1.82) is 0 Å². The summed E-state index contributed by atoms with van der Waals surface area (Å²) >= 11 is 0. The number of aromatic amines is 2. The van der Waals surface area contributed by atoms with Crippen LogP contribution in [0.15, 0.2) is 71.5 Å². The molecule has 6 nitrogen and oxygen atoms in total. The van der Waals surface area contributed by atoms with Gasteiger partial charge in [-0.25, -0.2) is 9.18 Å². The van der Waals surface area contributed by atoms with Gasteiger partial charge >= 0.3 is 5.69 Å². The van der Waals surface area contributed by atoms with E-state index in [-0.39, 0.29) is 30.0 Å². The lowest BCUT2D eigenvalue weighted by Gasteiger charge is -2.20. The van der Waals surface area contributed by atoms with E-state index < -0.39 is 0 Å². The Hall–Kier alpha value is -3.71. The summed E-state index contributed by atoms with van der Waals surface area (Å²) in [6, 6.07) is 19.2. The van der Waals surface area contributed by atoms with Crippen LogP contribution in [0.2, 0.25) is 0 Å². The number of hydrogen-bond donors (Lipinski definition) is 4. The second kappa shape index (κ2) is 8.97. The topological polar surface area (TPSA) is 89.8 Å². The number of carbonyl (C=O) groups excluding carboxylic acids is 1. The molecule has 4 aromatic rings. The van der Waals surface area contributed by atoms with E-state index in [4.69, 9.17) is 0 Å². The van der Waals surface area contributed by atoms with Gasteiger partial charge in [0.15, 0.2) is 0 Å². The van der Waals surface area contributed by atoms with E-state index >= 15 is 0 Å². The SMILES string of the molecule is CCc1ccc(C(NCC(=O)Nc2ccc3[nH]c(=O)[nH]c3c2)c2cccc(F)c2)cc1. The van der Waals surface area contributed by atoms with E-state index in [1.165, 1.54) is 17.7 Å². The fourth-order valence-corrected chi connectivity index (χ4v) is 3.57. The van der Waals surface area contributed by atoms with Crippen LogP contribution in [0.1, 0.15) is 29.7 Å². The van der Waals surface area contributed by atoms with Crippen LogP contribution in [0.25, 0.3) is 11.0 Å². The molecule has 1 aromatic heterocycles. The molecule has 0 aliphatic carbocycles. The van der Waals surface area contributed by atoms with Crippen molar-refractivity contribution in [3.05, 3.63) is 99.7 Å². The number of aryl methyl sites for hydroxylation is 1. The molecule has 4 N–H and O–H groups in total. The van der Waals surface area contributed by atoms with Crippen molar-refractivity contribution in [1.82, 2.24) is 15.3 Å². The third kappa shape index (κ3) is 4.90. The second-order valence-electron chi connectivity index (χ2n) is 7.35. The zero-order valence-electron chi connectivity index (χ0n) is 17.0. The van der Waals surface area contributed by atoms with Gasteiger partial charge in [0, 0.05) is 5.69 Å². The standard InChI is InChI=1S/C24H23FN4O2/c1-2-15-6-8-16(9-7-15)23(17-4-3-5-18(25)12-17)26-14-22(30)27-19-10-11-20-21(13-19)29-24(31)28-20/h3-13,23,26H,2,14H2,1H3,(H,27,30)(H2,28,29,31). The molecule has 31 heavy (non-hydrogen) atoms. The average Bonchev–Trinajstić information content (AvgIpc) is 3.13. The van der Waals surface area contributed by atoms with Crippen molar-refractivity contribution in [2.45, 2.75) is 19.4 Å². The average molecular weight is 418 g/mol. The first-order valence-corrected chi connectivity index (χ1v) is 10.1. The van der Waals surface area contributed by atoms with E-state index in [9.17, 15) is 14.0 Å². The monoisotopic (exact) mass is 418 g/mol. The molecule has 1 heterocycles. The van der Waals surface area contributed by atoms with Crippen LogP contribution in [0, 0.1) is 5.82 Å². The van der Waals surface area contributed by atoms with Crippen molar-refractivity contribution in [2.24, 2.45) is 0 Å². The molecule has 0 aliphatic rings. The van der Waals surface area contributed by atoms with Gasteiger partial charge in [0.25, 0.3) is 0 Å². The van der Waals surface area contributed by atoms with Crippen molar-refractivity contribution in [3.63, 3.8) is 0 Å². The number of rotatable bonds is 7. The Labute approximate surface area is 178 Å². The number of anilines is 1. The van der Waals surface area contributed by atoms with E-state index in [0.29, 0.717) is 16.7 Å². The summed E-state index contributed by atoms with van der Waals surface area (Å²) < 4.78 is 13.8. The summed E-state index contributed by atoms with van der Waals surface area (Å²) in [7, 11) is 0. The lowest BCUT2D eigenvalue weighted by atomic mass is 9.97. The Balaban J connectivity index is 1.50. The first-order chi connectivity index (χ1) is 15.0. The zero-order valence-corrected chi connectivity index (χ0v) is 17.0. The zero-order chi connectivity index (χ0) is 21.8. The fraction of sp³-hybridized carbons (Fsp3) is 0.167. The van der Waals surface area contributed by atoms with Crippen LogP contribution in [-0.4, -0.2) is 22.4 Å². The first-order valence-electron chi connectivity index (χ1n) is 10.1. The largest absolute Gasteiger partial charge is 0.325 e. The van der Waals surface area contributed by atoms with Gasteiger partial charge < -0.3 is 15.3 Å². The number of nitrogens with one attached hydrogen (secondary N) is 4. The Morgan fingerprint density at radius 2 is 1.74 bits per heavy atom. The highest BCUT2D eigenvalue weighted by atomic mass is 19.1. The van der Waals surface area contributed by atoms with Crippen molar-refractivity contribution in [3.8, 4) is 0 Å². The number of aromatic nitrogens is 2. The lowest BCUT2D eigenvalue weighted by molar-refractivity contribution is -0.115. The van der Waals surface area contributed by atoms with Gasteiger partial charge in [-0.3, -0.25) is 10.1 Å². The van der Waals surface area contributed by atoms with Crippen LogP contribution in [-0.2, 0) is 11.2 Å². The molecule has 0 saturated heterocycles. The minimum absolute atomic E-state index is 0.0262. The molecule has 4 rings (SSSR count). The van der Waals surface area contributed by atoms with Gasteiger partial charge in [-0.05, 0) is 53.4 Å². The fourth-order valence-electron chi connectivity index (χ4n) is 3.57. The first kappa shape index (κ1) is 20.6. The normalized spacial score (nSPS) is 12.1. The Kier molecular flexibility index (Phi) is 5.95. The van der Waals surface area contributed by atoms with E-state index in [2.05, 4.69) is 27.5 Å². The van der Waals surface area contributed by atoms with Gasteiger partial charge in [0.1, 0.15) is 5.82 Å². The highest BCUT2D eigenvalue weighted by Crippen LogP contribution is 2.23. The number of fused-ring (bicyclic) bond motifs is 1. The minimum Gasteiger partial charge on any atom is -0.325 e. The third-order valence-electron chi connectivity index (χ3n) is 5.17. The number of benzene rings is 3. The van der Waals surface area contributed by atoms with Crippen LogP contribution >= 0.6 is 0 Å². The second-order valence-corrected chi connectivity index (χ2v) is 7.35. The molecule has 158 valence electrons. The van der Waals surface area contributed by atoms with Crippen molar-refractivity contribution in [2.75, 3.05) is 11.9 Å². The number of imidazole rings is 1. The maximum absolute atomic E-state index is 13.8.